The fourth-order valence-corrected chi connectivity index (χ4v) is 1.52. The second-order valence-corrected chi connectivity index (χ2v) is 3.42. The van der Waals surface area contributed by atoms with Gasteiger partial charge in [-0.1, -0.05) is 0 Å². The number of nitrogens with one attached hydrogen (secondary N) is 1. The molecule has 1 aromatic heterocycles. The summed E-state index contributed by atoms with van der Waals surface area (Å²) in [6.07, 6.45) is 3.98. The van der Waals surface area contributed by atoms with E-state index in [4.69, 9.17) is 0 Å². The van der Waals surface area contributed by atoms with E-state index in [1.165, 1.54) is 4.68 Å². The van der Waals surface area contributed by atoms with Crippen molar-refractivity contribution in [2.75, 3.05) is 12.4 Å². The second kappa shape index (κ2) is 2.87. The van der Waals surface area contributed by atoms with Crippen LogP contribution in [0.5, 0.6) is 0 Å². The molecule has 0 aromatic carbocycles. The Labute approximate surface area is 76.6 Å². The van der Waals surface area contributed by atoms with Crippen LogP contribution in [0.2, 0.25) is 0 Å². The molecular formula is C9H13N3O. The topological polar surface area (TPSA) is 46.9 Å². The SMILES string of the molecule is CNc1cnn(C)c(=O)c1C1CC1. The van der Waals surface area contributed by atoms with Gasteiger partial charge in [-0.3, -0.25) is 4.79 Å². The van der Waals surface area contributed by atoms with E-state index >= 15 is 0 Å². The summed E-state index contributed by atoms with van der Waals surface area (Å²) in [5.74, 6) is 0.462. The first-order valence-electron chi connectivity index (χ1n) is 4.48. The number of hydrogen-bond acceptors (Lipinski definition) is 3. The van der Waals surface area contributed by atoms with Gasteiger partial charge in [-0.25, -0.2) is 4.68 Å². The third-order valence-corrected chi connectivity index (χ3v) is 2.43. The van der Waals surface area contributed by atoms with Crippen LogP contribution in [0.1, 0.15) is 24.3 Å². The summed E-state index contributed by atoms with van der Waals surface area (Å²) in [5, 5.41) is 6.97. The molecule has 1 fully saturated rings. The lowest BCUT2D eigenvalue weighted by Gasteiger charge is -2.07. The normalized spacial score (nSPS) is 15.8. The fraction of sp³-hybridized carbons (Fsp3) is 0.556. The van der Waals surface area contributed by atoms with E-state index in [2.05, 4.69) is 10.4 Å². The highest BCUT2D eigenvalue weighted by Crippen LogP contribution is 2.41. The molecule has 1 aliphatic carbocycles. The summed E-state index contributed by atoms with van der Waals surface area (Å²) < 4.78 is 1.40. The highest BCUT2D eigenvalue weighted by Gasteiger charge is 2.29. The molecular weight excluding hydrogens is 166 g/mol. The molecule has 0 atom stereocenters. The van der Waals surface area contributed by atoms with E-state index in [1.807, 2.05) is 7.05 Å². The molecule has 70 valence electrons. The van der Waals surface area contributed by atoms with Gasteiger partial charge in [0, 0.05) is 19.7 Å². The van der Waals surface area contributed by atoms with Gasteiger partial charge in [-0.2, -0.15) is 5.10 Å². The molecule has 13 heavy (non-hydrogen) atoms. The van der Waals surface area contributed by atoms with Crippen LogP contribution in [0.4, 0.5) is 5.69 Å². The maximum absolute atomic E-state index is 11.7. The summed E-state index contributed by atoms with van der Waals surface area (Å²) in [7, 11) is 3.51. The number of aryl methyl sites for hydroxylation is 1. The summed E-state index contributed by atoms with van der Waals surface area (Å²) in [6.45, 7) is 0. The Morgan fingerprint density at radius 1 is 1.62 bits per heavy atom. The van der Waals surface area contributed by atoms with Crippen molar-refractivity contribution in [2.24, 2.45) is 7.05 Å². The van der Waals surface area contributed by atoms with Crippen LogP contribution < -0.4 is 10.9 Å². The maximum atomic E-state index is 11.7. The molecule has 1 heterocycles. The molecule has 0 aliphatic heterocycles. The van der Waals surface area contributed by atoms with Gasteiger partial charge in [0.1, 0.15) is 0 Å². The number of nitrogens with zero attached hydrogens (tertiary/aromatic N) is 2. The van der Waals surface area contributed by atoms with Crippen molar-refractivity contribution in [3.63, 3.8) is 0 Å². The lowest BCUT2D eigenvalue weighted by atomic mass is 10.1. The van der Waals surface area contributed by atoms with Crippen LogP contribution in [0.25, 0.3) is 0 Å². The third kappa shape index (κ3) is 1.32. The zero-order valence-corrected chi connectivity index (χ0v) is 7.87. The van der Waals surface area contributed by atoms with Crippen molar-refractivity contribution in [1.29, 1.82) is 0 Å². The summed E-state index contributed by atoms with van der Waals surface area (Å²) in [6, 6.07) is 0. The van der Waals surface area contributed by atoms with Crippen LogP contribution in [-0.2, 0) is 7.05 Å². The number of anilines is 1. The first-order valence-corrected chi connectivity index (χ1v) is 4.48. The Kier molecular flexibility index (Phi) is 1.83. The second-order valence-electron chi connectivity index (χ2n) is 3.42. The Bertz CT molecular complexity index is 379. The van der Waals surface area contributed by atoms with Crippen molar-refractivity contribution >= 4 is 5.69 Å². The predicted octanol–water partition coefficient (Wildman–Crippen LogP) is 0.699. The Morgan fingerprint density at radius 2 is 2.31 bits per heavy atom. The largest absolute Gasteiger partial charge is 0.386 e. The predicted molar refractivity (Wildman–Crippen MR) is 51.0 cm³/mol. The smallest absolute Gasteiger partial charge is 0.272 e. The van der Waals surface area contributed by atoms with Crippen LogP contribution in [0.15, 0.2) is 11.0 Å². The Hall–Kier alpha value is -1.32. The highest BCUT2D eigenvalue weighted by atomic mass is 16.1. The van der Waals surface area contributed by atoms with Crippen molar-refractivity contribution in [3.8, 4) is 0 Å². The van der Waals surface area contributed by atoms with E-state index in [-0.39, 0.29) is 5.56 Å². The molecule has 1 saturated carbocycles. The molecule has 2 rings (SSSR count). The quantitative estimate of drug-likeness (QED) is 0.727. The van der Waals surface area contributed by atoms with Gasteiger partial charge < -0.3 is 5.32 Å². The van der Waals surface area contributed by atoms with Crippen molar-refractivity contribution in [1.82, 2.24) is 9.78 Å². The third-order valence-electron chi connectivity index (χ3n) is 2.43. The molecule has 1 N–H and O–H groups in total. The Morgan fingerprint density at radius 3 is 2.85 bits per heavy atom. The van der Waals surface area contributed by atoms with Gasteiger partial charge in [0.25, 0.3) is 5.56 Å². The fourth-order valence-electron chi connectivity index (χ4n) is 1.52. The standard InChI is InChI=1S/C9H13N3O/c1-10-7-5-11-12(2)9(13)8(7)6-3-4-6/h5-6,10H,3-4H2,1-2H3. The Balaban J connectivity index is 2.59. The van der Waals surface area contributed by atoms with Gasteiger partial charge in [-0.05, 0) is 18.8 Å². The summed E-state index contributed by atoms with van der Waals surface area (Å²) in [5.41, 5.74) is 1.82. The van der Waals surface area contributed by atoms with E-state index in [0.29, 0.717) is 5.92 Å². The number of rotatable bonds is 2. The number of hydrogen-bond donors (Lipinski definition) is 1. The monoisotopic (exact) mass is 179 g/mol. The van der Waals surface area contributed by atoms with Gasteiger partial charge in [-0.15, -0.1) is 0 Å². The van der Waals surface area contributed by atoms with Crippen LogP contribution in [0, 0.1) is 0 Å². The first kappa shape index (κ1) is 8.29. The zero-order chi connectivity index (χ0) is 9.42. The van der Waals surface area contributed by atoms with Gasteiger partial charge in [0.15, 0.2) is 0 Å². The molecule has 0 radical (unpaired) electrons. The van der Waals surface area contributed by atoms with Crippen LogP contribution >= 0.6 is 0 Å². The van der Waals surface area contributed by atoms with Crippen molar-refractivity contribution in [2.45, 2.75) is 18.8 Å². The van der Waals surface area contributed by atoms with Crippen molar-refractivity contribution in [3.05, 3.63) is 22.1 Å². The minimum Gasteiger partial charge on any atom is -0.386 e. The average Bonchev–Trinajstić information content (AvgIpc) is 2.92. The molecule has 0 amide bonds. The molecule has 4 heteroatoms. The summed E-state index contributed by atoms with van der Waals surface area (Å²) >= 11 is 0. The van der Waals surface area contributed by atoms with Gasteiger partial charge >= 0.3 is 0 Å². The minimum absolute atomic E-state index is 0.0364. The zero-order valence-electron chi connectivity index (χ0n) is 7.87. The molecule has 0 bridgehead atoms. The van der Waals surface area contributed by atoms with E-state index in [9.17, 15) is 4.79 Å². The van der Waals surface area contributed by atoms with E-state index in [0.717, 1.165) is 24.1 Å². The molecule has 1 aliphatic rings. The highest BCUT2D eigenvalue weighted by molar-refractivity contribution is 5.50. The first-order chi connectivity index (χ1) is 6.24. The number of aromatic nitrogens is 2. The molecule has 0 saturated heterocycles. The van der Waals surface area contributed by atoms with E-state index in [1.54, 1.807) is 13.2 Å². The lowest BCUT2D eigenvalue weighted by Crippen LogP contribution is -2.24. The van der Waals surface area contributed by atoms with Gasteiger partial charge in [0.2, 0.25) is 0 Å². The minimum atomic E-state index is 0.0364. The average molecular weight is 179 g/mol. The lowest BCUT2D eigenvalue weighted by molar-refractivity contribution is 0.695. The summed E-state index contributed by atoms with van der Waals surface area (Å²) in [4.78, 5) is 11.7. The maximum Gasteiger partial charge on any atom is 0.272 e. The molecule has 0 spiro atoms. The van der Waals surface area contributed by atoms with Crippen LogP contribution in [0.3, 0.4) is 0 Å². The van der Waals surface area contributed by atoms with E-state index < -0.39 is 0 Å². The van der Waals surface area contributed by atoms with Gasteiger partial charge in [0.05, 0.1) is 11.9 Å². The van der Waals surface area contributed by atoms with Crippen LogP contribution in [-0.4, -0.2) is 16.8 Å². The molecule has 0 unspecified atom stereocenters. The molecule has 4 nitrogen and oxygen atoms in total. The molecule has 1 aromatic rings. The van der Waals surface area contributed by atoms with Crippen molar-refractivity contribution < 1.29 is 0 Å².